The Morgan fingerprint density at radius 1 is 1.34 bits per heavy atom. The molecule has 2 heterocycles. The van der Waals surface area contributed by atoms with Crippen molar-refractivity contribution in [2.75, 3.05) is 12.4 Å². The summed E-state index contributed by atoms with van der Waals surface area (Å²) in [7, 11) is 1.75. The van der Waals surface area contributed by atoms with Crippen LogP contribution in [0.15, 0.2) is 30.1 Å². The van der Waals surface area contributed by atoms with Crippen LogP contribution in [0.1, 0.15) is 31.6 Å². The van der Waals surface area contributed by atoms with E-state index in [4.69, 9.17) is 0 Å². The quantitative estimate of drug-likeness (QED) is 0.669. The van der Waals surface area contributed by atoms with Crippen LogP contribution >= 0.6 is 0 Å². The van der Waals surface area contributed by atoms with Crippen molar-refractivity contribution in [1.29, 1.82) is 0 Å². The van der Waals surface area contributed by atoms with E-state index in [-0.39, 0.29) is 11.7 Å². The maximum absolute atomic E-state index is 12.1. The van der Waals surface area contributed by atoms with Crippen molar-refractivity contribution in [3.05, 3.63) is 36.0 Å². The molecular formula is C21H21N5O3. The Kier molecular flexibility index (Phi) is 3.88. The minimum Gasteiger partial charge on any atom is -0.389 e. The zero-order valence-electron chi connectivity index (χ0n) is 16.1. The second kappa shape index (κ2) is 6.24. The van der Waals surface area contributed by atoms with E-state index in [9.17, 15) is 15.0 Å². The lowest BCUT2D eigenvalue weighted by molar-refractivity contribution is -0.128. The number of fused-ring (bicyclic) bond motifs is 2. The molecule has 0 saturated heterocycles. The summed E-state index contributed by atoms with van der Waals surface area (Å²) in [6, 6.07) is -0.472. The summed E-state index contributed by atoms with van der Waals surface area (Å²) < 4.78 is 1.76. The van der Waals surface area contributed by atoms with Crippen molar-refractivity contribution >= 4 is 22.8 Å². The van der Waals surface area contributed by atoms with Crippen LogP contribution in [-0.4, -0.2) is 54.8 Å². The van der Waals surface area contributed by atoms with Crippen LogP contribution in [0.2, 0.25) is 0 Å². The van der Waals surface area contributed by atoms with Gasteiger partial charge in [0, 0.05) is 12.6 Å². The molecule has 3 aliphatic rings. The standard InChI is InChI=1S/C21H21N5O3/c1-11(27)21-9-13(21)16(17(28)18(21)29)26-10-23-15-19(22-2)24-14(25-20(15)26)8-7-12-5-3-4-6-12/h3,5-6,10,13,16-18,28-29H,4,9H2,1-2H3,(H,22,24,25)/t13?,16-,17+,18?,21+/m1/s1. The highest BCUT2D eigenvalue weighted by molar-refractivity contribution is 5.88. The highest BCUT2D eigenvalue weighted by Gasteiger charge is 2.74. The van der Waals surface area contributed by atoms with Crippen LogP contribution in [-0.2, 0) is 4.79 Å². The number of nitrogens with zero attached hydrogens (tertiary/aromatic N) is 4. The number of anilines is 1. The summed E-state index contributed by atoms with van der Waals surface area (Å²) in [6.45, 7) is 1.48. The van der Waals surface area contributed by atoms with Gasteiger partial charge < -0.3 is 20.1 Å². The van der Waals surface area contributed by atoms with E-state index in [1.165, 1.54) is 6.92 Å². The van der Waals surface area contributed by atoms with E-state index in [0.717, 1.165) is 12.0 Å². The zero-order chi connectivity index (χ0) is 20.3. The van der Waals surface area contributed by atoms with Gasteiger partial charge in [0.2, 0.25) is 5.82 Å². The summed E-state index contributed by atoms with van der Waals surface area (Å²) in [5.41, 5.74) is 1.14. The molecule has 2 unspecified atom stereocenters. The van der Waals surface area contributed by atoms with Gasteiger partial charge in [0.15, 0.2) is 17.0 Å². The molecule has 0 amide bonds. The third kappa shape index (κ3) is 2.48. The molecule has 0 aromatic carbocycles. The fraction of sp³-hybridized carbons (Fsp3) is 0.429. The number of ketones is 1. The number of aliphatic hydroxyl groups excluding tert-OH is 2. The van der Waals surface area contributed by atoms with E-state index in [2.05, 4.69) is 32.1 Å². The molecule has 0 bridgehead atoms. The molecule has 3 N–H and O–H groups in total. The number of hydrogen-bond acceptors (Lipinski definition) is 7. The molecule has 2 aromatic heterocycles. The molecule has 5 rings (SSSR count). The van der Waals surface area contributed by atoms with E-state index >= 15 is 0 Å². The Balaban J connectivity index is 1.60. The molecule has 8 heteroatoms. The topological polar surface area (TPSA) is 113 Å². The number of rotatable bonds is 3. The fourth-order valence-electron chi connectivity index (χ4n) is 4.82. The van der Waals surface area contributed by atoms with Crippen LogP contribution in [0, 0.1) is 23.2 Å². The number of aromatic nitrogens is 4. The number of hydrogen-bond donors (Lipinski definition) is 3. The van der Waals surface area contributed by atoms with Gasteiger partial charge in [-0.3, -0.25) is 4.79 Å². The van der Waals surface area contributed by atoms with Gasteiger partial charge >= 0.3 is 0 Å². The van der Waals surface area contributed by atoms with Crippen molar-refractivity contribution in [2.24, 2.45) is 11.3 Å². The first-order valence-electron chi connectivity index (χ1n) is 9.65. The molecule has 29 heavy (non-hydrogen) atoms. The van der Waals surface area contributed by atoms with Crippen LogP contribution in [0.5, 0.6) is 0 Å². The normalized spacial score (nSPS) is 31.9. The zero-order valence-corrected chi connectivity index (χ0v) is 16.1. The molecule has 2 saturated carbocycles. The molecule has 3 aliphatic carbocycles. The number of carbonyl (C=O) groups excluding carboxylic acids is 1. The largest absolute Gasteiger partial charge is 0.389 e. The molecule has 5 atom stereocenters. The number of aliphatic hydroxyl groups is 2. The Bertz CT molecular complexity index is 1150. The van der Waals surface area contributed by atoms with Gasteiger partial charge in [-0.05, 0) is 31.6 Å². The fourth-order valence-corrected chi connectivity index (χ4v) is 4.82. The lowest BCUT2D eigenvalue weighted by Crippen LogP contribution is -2.36. The smallest absolute Gasteiger partial charge is 0.209 e. The lowest BCUT2D eigenvalue weighted by atomic mass is 9.95. The number of carbonyl (C=O) groups is 1. The Labute approximate surface area is 167 Å². The Morgan fingerprint density at radius 3 is 2.83 bits per heavy atom. The van der Waals surface area contributed by atoms with Crippen molar-refractivity contribution in [1.82, 2.24) is 19.5 Å². The molecule has 2 fully saturated rings. The SMILES string of the molecule is CNc1nc(C#CC2=CCC=C2)nc2c1ncn2[C@@H]1C2C[C@@]2(C(C)=O)C(O)[C@H]1O. The van der Waals surface area contributed by atoms with Crippen molar-refractivity contribution < 1.29 is 15.0 Å². The Morgan fingerprint density at radius 2 is 2.17 bits per heavy atom. The average Bonchev–Trinajstić information content (AvgIpc) is 3.00. The molecule has 0 aliphatic heterocycles. The number of allylic oxidation sites excluding steroid dienone is 4. The van der Waals surface area contributed by atoms with Gasteiger partial charge in [-0.1, -0.05) is 24.1 Å². The van der Waals surface area contributed by atoms with Gasteiger partial charge in [0.1, 0.15) is 11.9 Å². The first kappa shape index (κ1) is 18.0. The van der Waals surface area contributed by atoms with Crippen molar-refractivity contribution in [2.45, 2.75) is 38.0 Å². The first-order chi connectivity index (χ1) is 14.0. The second-order valence-electron chi connectivity index (χ2n) is 7.85. The van der Waals surface area contributed by atoms with Crippen molar-refractivity contribution in [3.8, 4) is 11.8 Å². The van der Waals surface area contributed by atoms with Gasteiger partial charge in [-0.25, -0.2) is 15.0 Å². The average molecular weight is 391 g/mol. The van der Waals surface area contributed by atoms with Gasteiger partial charge in [0.05, 0.1) is 23.9 Å². The van der Waals surface area contributed by atoms with Gasteiger partial charge in [-0.15, -0.1) is 0 Å². The predicted octanol–water partition coefficient (Wildman–Crippen LogP) is 0.978. The van der Waals surface area contributed by atoms with Crippen LogP contribution in [0.4, 0.5) is 5.82 Å². The van der Waals surface area contributed by atoms with Crippen LogP contribution in [0.3, 0.4) is 0 Å². The number of nitrogens with one attached hydrogen (secondary N) is 1. The Hall–Kier alpha value is -3.02. The highest BCUT2D eigenvalue weighted by atomic mass is 16.3. The third-order valence-electron chi connectivity index (χ3n) is 6.40. The minimum absolute atomic E-state index is 0.0871. The van der Waals surface area contributed by atoms with Crippen LogP contribution < -0.4 is 5.32 Å². The summed E-state index contributed by atoms with van der Waals surface area (Å²) in [5.74, 6) is 6.70. The van der Waals surface area contributed by atoms with E-state index in [0.29, 0.717) is 29.2 Å². The maximum atomic E-state index is 12.1. The predicted molar refractivity (Wildman–Crippen MR) is 106 cm³/mol. The molecular weight excluding hydrogens is 370 g/mol. The summed E-state index contributed by atoms with van der Waals surface area (Å²) in [5, 5.41) is 24.3. The van der Waals surface area contributed by atoms with Crippen LogP contribution in [0.25, 0.3) is 11.2 Å². The summed E-state index contributed by atoms with van der Waals surface area (Å²) in [4.78, 5) is 25.6. The third-order valence-corrected chi connectivity index (χ3v) is 6.40. The second-order valence-corrected chi connectivity index (χ2v) is 7.85. The van der Waals surface area contributed by atoms with E-state index in [1.807, 2.05) is 18.2 Å². The van der Waals surface area contributed by atoms with E-state index < -0.39 is 23.7 Å². The maximum Gasteiger partial charge on any atom is 0.209 e. The first-order valence-corrected chi connectivity index (χ1v) is 9.65. The lowest BCUT2D eigenvalue weighted by Gasteiger charge is -2.23. The van der Waals surface area contributed by atoms with Crippen molar-refractivity contribution in [3.63, 3.8) is 0 Å². The minimum atomic E-state index is -1.08. The monoisotopic (exact) mass is 391 g/mol. The summed E-state index contributed by atoms with van der Waals surface area (Å²) in [6.07, 6.45) is 6.89. The number of Topliss-reactive ketones (excluding diaryl/α,β-unsaturated/α-hetero) is 1. The highest BCUT2D eigenvalue weighted by Crippen LogP contribution is 2.68. The summed E-state index contributed by atoms with van der Waals surface area (Å²) >= 11 is 0. The molecule has 0 spiro atoms. The molecule has 2 aromatic rings. The molecule has 148 valence electrons. The van der Waals surface area contributed by atoms with Gasteiger partial charge in [-0.2, -0.15) is 0 Å². The molecule has 0 radical (unpaired) electrons. The van der Waals surface area contributed by atoms with E-state index in [1.54, 1.807) is 17.9 Å². The van der Waals surface area contributed by atoms with Gasteiger partial charge in [0.25, 0.3) is 0 Å². The molecule has 8 nitrogen and oxygen atoms in total. The number of imidazole rings is 1.